The smallest absolute Gasteiger partial charge is 0.322 e. The first-order chi connectivity index (χ1) is 14.0. The van der Waals surface area contributed by atoms with Crippen LogP contribution in [-0.2, 0) is 4.79 Å². The Morgan fingerprint density at radius 1 is 1.17 bits per heavy atom. The standard InChI is InChI=1S/C20H17FN4O4/c1-28-16-8-6-15(7-9-16)25-11-13(10-17(25)26)19-23-24-20(29-19)22-18(27)12-2-4-14(21)5-3-12/h2-9,13H,10-11H2,1H3,(H,22,24,27)/t13-/m0/s1. The molecule has 1 aromatic heterocycles. The summed E-state index contributed by atoms with van der Waals surface area (Å²) >= 11 is 0. The zero-order chi connectivity index (χ0) is 20.4. The summed E-state index contributed by atoms with van der Waals surface area (Å²) in [5.41, 5.74) is 1.01. The number of halogens is 1. The topological polar surface area (TPSA) is 97.6 Å². The maximum absolute atomic E-state index is 13.0. The molecular formula is C20H17FN4O4. The summed E-state index contributed by atoms with van der Waals surface area (Å²) < 4.78 is 23.6. The number of nitrogens with one attached hydrogen (secondary N) is 1. The van der Waals surface area contributed by atoms with Crippen molar-refractivity contribution in [3.8, 4) is 5.75 Å². The zero-order valence-electron chi connectivity index (χ0n) is 15.5. The van der Waals surface area contributed by atoms with E-state index in [9.17, 15) is 14.0 Å². The average Bonchev–Trinajstić information content (AvgIpc) is 3.35. The molecule has 0 unspecified atom stereocenters. The molecule has 0 radical (unpaired) electrons. The molecule has 9 heteroatoms. The van der Waals surface area contributed by atoms with Crippen molar-refractivity contribution >= 4 is 23.5 Å². The highest BCUT2D eigenvalue weighted by Crippen LogP contribution is 2.32. The van der Waals surface area contributed by atoms with E-state index < -0.39 is 11.7 Å². The number of nitrogens with zero attached hydrogens (tertiary/aromatic N) is 3. The summed E-state index contributed by atoms with van der Waals surface area (Å²) in [5, 5.41) is 10.3. The quantitative estimate of drug-likeness (QED) is 0.712. The number of anilines is 2. The Balaban J connectivity index is 1.43. The Labute approximate surface area is 165 Å². The van der Waals surface area contributed by atoms with Gasteiger partial charge in [-0.1, -0.05) is 5.10 Å². The van der Waals surface area contributed by atoms with E-state index in [4.69, 9.17) is 9.15 Å². The molecule has 2 aromatic carbocycles. The van der Waals surface area contributed by atoms with Crippen LogP contribution in [0.25, 0.3) is 0 Å². The van der Waals surface area contributed by atoms with Gasteiger partial charge in [-0.2, -0.15) is 0 Å². The van der Waals surface area contributed by atoms with Crippen LogP contribution in [0.15, 0.2) is 52.9 Å². The van der Waals surface area contributed by atoms with Crippen LogP contribution < -0.4 is 15.0 Å². The van der Waals surface area contributed by atoms with Gasteiger partial charge in [-0.25, -0.2) is 4.39 Å². The second-order valence-electron chi connectivity index (χ2n) is 6.51. The van der Waals surface area contributed by atoms with E-state index in [1.54, 1.807) is 36.3 Å². The van der Waals surface area contributed by atoms with Gasteiger partial charge in [-0.3, -0.25) is 14.9 Å². The molecule has 0 bridgehead atoms. The minimum absolute atomic E-state index is 0.0599. The van der Waals surface area contributed by atoms with E-state index in [1.807, 2.05) is 0 Å². The van der Waals surface area contributed by atoms with Crippen molar-refractivity contribution < 1.29 is 23.1 Å². The summed E-state index contributed by atoms with van der Waals surface area (Å²) in [4.78, 5) is 26.2. The van der Waals surface area contributed by atoms with Crippen LogP contribution in [0.5, 0.6) is 5.75 Å². The first-order valence-electron chi connectivity index (χ1n) is 8.88. The van der Waals surface area contributed by atoms with Crippen molar-refractivity contribution in [3.63, 3.8) is 0 Å². The molecule has 2 amide bonds. The van der Waals surface area contributed by atoms with E-state index in [2.05, 4.69) is 15.5 Å². The Kier molecular flexibility index (Phi) is 4.94. The number of hydrogen-bond donors (Lipinski definition) is 1. The lowest BCUT2D eigenvalue weighted by Crippen LogP contribution is -2.24. The minimum Gasteiger partial charge on any atom is -0.497 e. The lowest BCUT2D eigenvalue weighted by molar-refractivity contribution is -0.117. The highest BCUT2D eigenvalue weighted by atomic mass is 19.1. The molecule has 1 aliphatic rings. The molecule has 2 heterocycles. The fourth-order valence-corrected chi connectivity index (χ4v) is 3.11. The number of carbonyl (C=O) groups excluding carboxylic acids is 2. The first kappa shape index (κ1) is 18.6. The van der Waals surface area contributed by atoms with Gasteiger partial charge < -0.3 is 14.1 Å². The first-order valence-corrected chi connectivity index (χ1v) is 8.88. The van der Waals surface area contributed by atoms with Crippen LogP contribution in [0.2, 0.25) is 0 Å². The summed E-state index contributed by atoms with van der Waals surface area (Å²) in [7, 11) is 1.58. The molecule has 1 atom stereocenters. The number of aromatic nitrogens is 2. The predicted molar refractivity (Wildman–Crippen MR) is 101 cm³/mol. The molecule has 1 saturated heterocycles. The molecule has 0 saturated carbocycles. The Hall–Kier alpha value is -3.75. The van der Waals surface area contributed by atoms with E-state index in [0.29, 0.717) is 12.3 Å². The van der Waals surface area contributed by atoms with E-state index >= 15 is 0 Å². The molecule has 1 N–H and O–H groups in total. The van der Waals surface area contributed by atoms with Crippen molar-refractivity contribution in [3.05, 3.63) is 65.8 Å². The van der Waals surface area contributed by atoms with Crippen LogP contribution in [0.1, 0.15) is 28.6 Å². The predicted octanol–water partition coefficient (Wildman–Crippen LogP) is 2.99. The van der Waals surface area contributed by atoms with Crippen molar-refractivity contribution in [1.29, 1.82) is 0 Å². The number of rotatable bonds is 5. The fraction of sp³-hybridized carbons (Fsp3) is 0.200. The zero-order valence-corrected chi connectivity index (χ0v) is 15.5. The van der Waals surface area contributed by atoms with Crippen LogP contribution in [0.4, 0.5) is 16.1 Å². The fourth-order valence-electron chi connectivity index (χ4n) is 3.11. The molecule has 1 fully saturated rings. The third kappa shape index (κ3) is 3.93. The lowest BCUT2D eigenvalue weighted by Gasteiger charge is -2.16. The van der Waals surface area contributed by atoms with Gasteiger partial charge in [0.05, 0.1) is 13.0 Å². The van der Waals surface area contributed by atoms with E-state index in [1.165, 1.54) is 24.3 Å². The third-order valence-corrected chi connectivity index (χ3v) is 4.63. The second kappa shape index (κ2) is 7.70. The molecule has 29 heavy (non-hydrogen) atoms. The van der Waals surface area contributed by atoms with Crippen molar-refractivity contribution in [2.24, 2.45) is 0 Å². The maximum atomic E-state index is 13.0. The van der Waals surface area contributed by atoms with Crippen molar-refractivity contribution in [1.82, 2.24) is 10.2 Å². The van der Waals surface area contributed by atoms with Gasteiger partial charge in [0.25, 0.3) is 5.91 Å². The Morgan fingerprint density at radius 2 is 1.90 bits per heavy atom. The SMILES string of the molecule is COc1ccc(N2C[C@@H](c3nnc(NC(=O)c4ccc(F)cc4)o3)CC2=O)cc1. The molecule has 4 rings (SSSR count). The molecule has 8 nitrogen and oxygen atoms in total. The maximum Gasteiger partial charge on any atom is 0.322 e. The van der Waals surface area contributed by atoms with Crippen molar-refractivity contribution in [2.75, 3.05) is 23.9 Å². The highest BCUT2D eigenvalue weighted by Gasteiger charge is 2.35. The van der Waals surface area contributed by atoms with E-state index in [0.717, 1.165) is 5.69 Å². The van der Waals surface area contributed by atoms with Gasteiger partial charge in [0.1, 0.15) is 11.6 Å². The van der Waals surface area contributed by atoms with E-state index in [-0.39, 0.29) is 35.7 Å². The minimum atomic E-state index is -0.498. The second-order valence-corrected chi connectivity index (χ2v) is 6.51. The highest BCUT2D eigenvalue weighted by molar-refractivity contribution is 6.03. The number of amides is 2. The number of carbonyl (C=O) groups is 2. The lowest BCUT2D eigenvalue weighted by atomic mass is 10.1. The van der Waals surface area contributed by atoms with Crippen LogP contribution >= 0.6 is 0 Å². The number of ether oxygens (including phenoxy) is 1. The monoisotopic (exact) mass is 396 g/mol. The van der Waals surface area contributed by atoms with Gasteiger partial charge in [0, 0.05) is 24.2 Å². The summed E-state index contributed by atoms with van der Waals surface area (Å²) in [6, 6.07) is 12.2. The van der Waals surface area contributed by atoms with Gasteiger partial charge in [-0.05, 0) is 48.5 Å². The van der Waals surface area contributed by atoms with Gasteiger partial charge >= 0.3 is 6.01 Å². The summed E-state index contributed by atoms with van der Waals surface area (Å²) in [6.07, 6.45) is 0.222. The molecule has 0 spiro atoms. The summed E-state index contributed by atoms with van der Waals surface area (Å²) in [6.45, 7) is 0.388. The van der Waals surface area contributed by atoms with Gasteiger partial charge in [0.15, 0.2) is 0 Å². The Bertz CT molecular complexity index is 1030. The average molecular weight is 396 g/mol. The molecular weight excluding hydrogens is 379 g/mol. The largest absolute Gasteiger partial charge is 0.497 e. The number of methoxy groups -OCH3 is 1. The van der Waals surface area contributed by atoms with Crippen LogP contribution in [-0.4, -0.2) is 35.7 Å². The van der Waals surface area contributed by atoms with Gasteiger partial charge in [-0.15, -0.1) is 5.10 Å². The van der Waals surface area contributed by atoms with Crippen molar-refractivity contribution in [2.45, 2.75) is 12.3 Å². The Morgan fingerprint density at radius 3 is 2.59 bits per heavy atom. The number of benzene rings is 2. The van der Waals surface area contributed by atoms with Crippen LogP contribution in [0, 0.1) is 5.82 Å². The van der Waals surface area contributed by atoms with Crippen LogP contribution in [0.3, 0.4) is 0 Å². The number of hydrogen-bond acceptors (Lipinski definition) is 6. The molecule has 1 aliphatic heterocycles. The summed E-state index contributed by atoms with van der Waals surface area (Å²) in [5.74, 6) is -0.306. The molecule has 0 aliphatic carbocycles. The molecule has 3 aromatic rings. The third-order valence-electron chi connectivity index (χ3n) is 4.63. The molecule has 148 valence electrons. The normalized spacial score (nSPS) is 16.1. The van der Waals surface area contributed by atoms with Gasteiger partial charge in [0.2, 0.25) is 11.8 Å².